The number of halogens is 1. The lowest BCUT2D eigenvalue weighted by molar-refractivity contribution is -0.142. The number of nitrogen functional groups attached to an aromatic ring is 1. The van der Waals surface area contributed by atoms with Crippen molar-refractivity contribution in [1.82, 2.24) is 4.98 Å². The van der Waals surface area contributed by atoms with Gasteiger partial charge in [0.05, 0.1) is 5.41 Å². The van der Waals surface area contributed by atoms with Crippen LogP contribution in [-0.4, -0.2) is 16.1 Å². The molecule has 0 unspecified atom stereocenters. The summed E-state index contributed by atoms with van der Waals surface area (Å²) in [5.74, 6) is -0.440. The zero-order valence-corrected chi connectivity index (χ0v) is 15.3. The van der Waals surface area contributed by atoms with Gasteiger partial charge in [-0.25, -0.2) is 4.98 Å². The highest BCUT2D eigenvalue weighted by Gasteiger charge is 2.29. The Morgan fingerprint density at radius 3 is 2.38 bits per heavy atom. The lowest BCUT2D eigenvalue weighted by Crippen LogP contribution is -2.28. The minimum absolute atomic E-state index is 0.429. The van der Waals surface area contributed by atoms with Crippen LogP contribution in [0.15, 0.2) is 60.8 Å². The fraction of sp³-hybridized carbons (Fsp3) is 0.143. The molecule has 0 radical (unpaired) electrons. The van der Waals surface area contributed by atoms with Gasteiger partial charge in [0.15, 0.2) is 0 Å². The lowest BCUT2D eigenvalue weighted by atomic mass is 9.83. The van der Waals surface area contributed by atoms with Crippen LogP contribution in [-0.2, 0) is 10.2 Å². The maximum atomic E-state index is 11.5. The third-order valence-corrected chi connectivity index (χ3v) is 4.78. The van der Waals surface area contributed by atoms with E-state index in [9.17, 15) is 9.90 Å². The number of benzene rings is 2. The topological polar surface area (TPSA) is 76.2 Å². The molecule has 0 atom stereocenters. The number of rotatable bonds is 4. The fourth-order valence-electron chi connectivity index (χ4n) is 2.70. The van der Waals surface area contributed by atoms with Crippen LogP contribution in [0.4, 0.5) is 5.82 Å². The summed E-state index contributed by atoms with van der Waals surface area (Å²) in [7, 11) is 0. The molecule has 132 valence electrons. The minimum atomic E-state index is -0.976. The van der Waals surface area contributed by atoms with Crippen molar-refractivity contribution in [1.29, 1.82) is 0 Å². The highest BCUT2D eigenvalue weighted by atomic mass is 35.5. The van der Waals surface area contributed by atoms with Crippen molar-refractivity contribution in [2.75, 3.05) is 5.73 Å². The predicted molar refractivity (Wildman–Crippen MR) is 105 cm³/mol. The predicted octanol–water partition coefficient (Wildman–Crippen LogP) is 5.01. The number of aromatic nitrogens is 1. The first-order chi connectivity index (χ1) is 12.3. The summed E-state index contributed by atoms with van der Waals surface area (Å²) < 4.78 is 0. The normalized spacial score (nSPS) is 11.3. The molecule has 0 aliphatic heterocycles. The first kappa shape index (κ1) is 18.0. The van der Waals surface area contributed by atoms with Crippen molar-refractivity contribution < 1.29 is 9.90 Å². The monoisotopic (exact) mass is 366 g/mol. The Labute approximate surface area is 157 Å². The molecule has 5 heteroatoms. The number of carboxylic acid groups (broad SMARTS) is 1. The summed E-state index contributed by atoms with van der Waals surface area (Å²) in [6.45, 7) is 3.38. The van der Waals surface area contributed by atoms with E-state index < -0.39 is 11.4 Å². The number of nitrogens with two attached hydrogens (primary N) is 1. The van der Waals surface area contributed by atoms with Crippen LogP contribution in [0.1, 0.15) is 19.4 Å². The third kappa shape index (κ3) is 3.41. The van der Waals surface area contributed by atoms with Gasteiger partial charge in [-0.2, -0.15) is 0 Å². The maximum absolute atomic E-state index is 11.5. The molecule has 0 aliphatic carbocycles. The number of pyridine rings is 1. The average Bonchev–Trinajstić information content (AvgIpc) is 2.63. The standard InChI is InChI=1S/C21H19ClN2O2/c1-21(2,20(25)26)16-5-3-4-14(10-16)15-11-18(19(23)24-12-15)13-6-8-17(22)9-7-13/h3-12H,1-2H3,(H2,23,24)(H,25,26). The van der Waals surface area contributed by atoms with E-state index >= 15 is 0 Å². The molecule has 0 fully saturated rings. The van der Waals surface area contributed by atoms with E-state index in [1.807, 2.05) is 42.5 Å². The molecule has 2 aromatic carbocycles. The molecular formula is C21H19ClN2O2. The molecule has 0 spiro atoms. The summed E-state index contributed by atoms with van der Waals surface area (Å²) in [4.78, 5) is 15.9. The van der Waals surface area contributed by atoms with E-state index in [4.69, 9.17) is 17.3 Å². The molecule has 0 amide bonds. The van der Waals surface area contributed by atoms with Crippen molar-refractivity contribution >= 4 is 23.4 Å². The molecule has 3 rings (SSSR count). The van der Waals surface area contributed by atoms with E-state index in [2.05, 4.69) is 4.98 Å². The van der Waals surface area contributed by atoms with Gasteiger partial charge in [-0.1, -0.05) is 41.9 Å². The van der Waals surface area contributed by atoms with Crippen LogP contribution >= 0.6 is 11.6 Å². The SMILES string of the molecule is CC(C)(C(=O)O)c1cccc(-c2cnc(N)c(-c3ccc(Cl)cc3)c2)c1. The van der Waals surface area contributed by atoms with Gasteiger partial charge in [0.2, 0.25) is 0 Å². The summed E-state index contributed by atoms with van der Waals surface area (Å²) in [5, 5.41) is 10.1. The number of hydrogen-bond donors (Lipinski definition) is 2. The van der Waals surface area contributed by atoms with Crippen LogP contribution in [0.25, 0.3) is 22.3 Å². The van der Waals surface area contributed by atoms with Gasteiger partial charge in [-0.3, -0.25) is 4.79 Å². The summed E-state index contributed by atoms with van der Waals surface area (Å²) in [6, 6.07) is 16.8. The molecule has 1 aromatic heterocycles. The van der Waals surface area contributed by atoms with Crippen LogP contribution in [0, 0.1) is 0 Å². The smallest absolute Gasteiger partial charge is 0.313 e. The first-order valence-corrected chi connectivity index (χ1v) is 8.52. The molecule has 0 aliphatic rings. The number of nitrogens with zero attached hydrogens (tertiary/aromatic N) is 1. The quantitative estimate of drug-likeness (QED) is 0.680. The molecule has 0 bridgehead atoms. The number of anilines is 1. The minimum Gasteiger partial charge on any atom is -0.481 e. The van der Waals surface area contributed by atoms with Gasteiger partial charge in [-0.05, 0) is 54.8 Å². The van der Waals surface area contributed by atoms with Crippen molar-refractivity contribution in [3.63, 3.8) is 0 Å². The maximum Gasteiger partial charge on any atom is 0.313 e. The fourth-order valence-corrected chi connectivity index (χ4v) is 2.83. The van der Waals surface area contributed by atoms with Crippen molar-refractivity contribution in [3.05, 3.63) is 71.4 Å². The first-order valence-electron chi connectivity index (χ1n) is 8.15. The lowest BCUT2D eigenvalue weighted by Gasteiger charge is -2.20. The molecule has 4 nitrogen and oxygen atoms in total. The zero-order valence-electron chi connectivity index (χ0n) is 14.5. The highest BCUT2D eigenvalue weighted by molar-refractivity contribution is 6.30. The van der Waals surface area contributed by atoms with Gasteiger partial charge < -0.3 is 10.8 Å². The van der Waals surface area contributed by atoms with Crippen LogP contribution in [0.5, 0.6) is 0 Å². The molecule has 26 heavy (non-hydrogen) atoms. The second kappa shape index (κ2) is 6.81. The Morgan fingerprint density at radius 1 is 1.04 bits per heavy atom. The number of hydrogen-bond acceptors (Lipinski definition) is 3. The Morgan fingerprint density at radius 2 is 1.73 bits per heavy atom. The molecule has 0 saturated heterocycles. The molecule has 0 saturated carbocycles. The van der Waals surface area contributed by atoms with Crippen LogP contribution in [0.2, 0.25) is 5.02 Å². The van der Waals surface area contributed by atoms with Crippen molar-refractivity contribution in [3.8, 4) is 22.3 Å². The van der Waals surface area contributed by atoms with Gasteiger partial charge in [-0.15, -0.1) is 0 Å². The number of carbonyl (C=O) groups is 1. The molecule has 3 N–H and O–H groups in total. The highest BCUT2D eigenvalue weighted by Crippen LogP contribution is 2.32. The van der Waals surface area contributed by atoms with E-state index in [0.29, 0.717) is 10.8 Å². The molecular weight excluding hydrogens is 348 g/mol. The van der Waals surface area contributed by atoms with Gasteiger partial charge in [0, 0.05) is 22.3 Å². The van der Waals surface area contributed by atoms with E-state index in [0.717, 1.165) is 27.8 Å². The Balaban J connectivity index is 2.07. The van der Waals surface area contributed by atoms with E-state index in [-0.39, 0.29) is 0 Å². The van der Waals surface area contributed by atoms with E-state index in [1.165, 1.54) is 0 Å². The van der Waals surface area contributed by atoms with Crippen molar-refractivity contribution in [2.45, 2.75) is 19.3 Å². The average molecular weight is 367 g/mol. The summed E-state index contributed by atoms with van der Waals surface area (Å²) in [5.41, 5.74) is 9.29. The zero-order chi connectivity index (χ0) is 18.9. The Hall–Kier alpha value is -2.85. The Bertz CT molecular complexity index is 966. The second-order valence-corrected chi connectivity index (χ2v) is 7.11. The van der Waals surface area contributed by atoms with Crippen LogP contribution in [0.3, 0.4) is 0 Å². The van der Waals surface area contributed by atoms with Gasteiger partial charge in [0.25, 0.3) is 0 Å². The van der Waals surface area contributed by atoms with Crippen molar-refractivity contribution in [2.24, 2.45) is 0 Å². The number of carboxylic acids is 1. The molecule has 1 heterocycles. The van der Waals surface area contributed by atoms with Crippen LogP contribution < -0.4 is 5.73 Å². The number of aliphatic carboxylic acids is 1. The third-order valence-electron chi connectivity index (χ3n) is 4.53. The largest absolute Gasteiger partial charge is 0.481 e. The summed E-state index contributed by atoms with van der Waals surface area (Å²) in [6.07, 6.45) is 1.70. The Kier molecular flexibility index (Phi) is 4.70. The second-order valence-electron chi connectivity index (χ2n) is 6.67. The van der Waals surface area contributed by atoms with Gasteiger partial charge >= 0.3 is 5.97 Å². The van der Waals surface area contributed by atoms with Gasteiger partial charge in [0.1, 0.15) is 5.82 Å². The molecule has 3 aromatic rings. The van der Waals surface area contributed by atoms with E-state index in [1.54, 1.807) is 32.2 Å². The summed E-state index contributed by atoms with van der Waals surface area (Å²) >= 11 is 5.96.